The van der Waals surface area contributed by atoms with Crippen LogP contribution < -0.4 is 4.90 Å². The Kier molecular flexibility index (Phi) is 2.65. The lowest BCUT2D eigenvalue weighted by molar-refractivity contribution is 0.560. The summed E-state index contributed by atoms with van der Waals surface area (Å²) in [5.74, 6) is 0.908. The molecule has 0 saturated carbocycles. The van der Waals surface area contributed by atoms with E-state index in [0.717, 1.165) is 24.6 Å². The van der Waals surface area contributed by atoms with Crippen LogP contribution in [0.5, 0.6) is 0 Å². The van der Waals surface area contributed by atoms with Crippen LogP contribution in [0, 0.1) is 11.3 Å². The summed E-state index contributed by atoms with van der Waals surface area (Å²) in [6, 6.07) is 7.67. The van der Waals surface area contributed by atoms with Gasteiger partial charge in [0.05, 0.1) is 22.8 Å². The van der Waals surface area contributed by atoms with Gasteiger partial charge < -0.3 is 9.47 Å². The van der Waals surface area contributed by atoms with Gasteiger partial charge in [-0.1, -0.05) is 17.7 Å². The Morgan fingerprint density at radius 3 is 3.06 bits per heavy atom. The van der Waals surface area contributed by atoms with E-state index in [1.807, 2.05) is 16.7 Å². The molecule has 3 rings (SSSR count). The van der Waals surface area contributed by atoms with Crippen LogP contribution in [0.2, 0.25) is 5.02 Å². The summed E-state index contributed by atoms with van der Waals surface area (Å²) in [6.07, 6.45) is 1.73. The molecule has 0 fully saturated rings. The van der Waals surface area contributed by atoms with Crippen molar-refractivity contribution in [3.63, 3.8) is 0 Å². The van der Waals surface area contributed by atoms with Crippen molar-refractivity contribution in [3.05, 3.63) is 40.9 Å². The molecule has 0 atom stereocenters. The Balaban J connectivity index is 1.99. The van der Waals surface area contributed by atoms with Crippen molar-refractivity contribution in [1.82, 2.24) is 14.8 Å². The average molecular weight is 260 g/mol. The number of nitrogens with zero attached hydrogens (tertiary/aromatic N) is 5. The second-order valence-electron chi connectivity index (χ2n) is 4.11. The number of benzene rings is 1. The van der Waals surface area contributed by atoms with Crippen LogP contribution in [-0.4, -0.2) is 21.3 Å². The zero-order valence-corrected chi connectivity index (χ0v) is 10.3. The summed E-state index contributed by atoms with van der Waals surface area (Å²) in [5.41, 5.74) is 1.38. The predicted octanol–water partition coefficient (Wildman–Crippen LogP) is 1.82. The number of aromatic nitrogens is 3. The van der Waals surface area contributed by atoms with E-state index in [-0.39, 0.29) is 0 Å². The Bertz CT molecular complexity index is 628. The Morgan fingerprint density at radius 1 is 1.33 bits per heavy atom. The van der Waals surface area contributed by atoms with Gasteiger partial charge in [0.25, 0.3) is 0 Å². The smallest absolute Gasteiger partial charge is 0.152 e. The molecule has 6 heteroatoms. The first-order valence-corrected chi connectivity index (χ1v) is 5.97. The molecule has 2 aromatic rings. The molecule has 1 aliphatic rings. The molecule has 90 valence electrons. The Morgan fingerprint density at radius 2 is 2.22 bits per heavy atom. The first kappa shape index (κ1) is 11.1. The number of hydrogen-bond acceptors (Lipinski definition) is 4. The lowest BCUT2D eigenvalue weighted by atomic mass is 10.1. The second kappa shape index (κ2) is 4.31. The molecule has 1 aromatic heterocycles. The van der Waals surface area contributed by atoms with Crippen LogP contribution >= 0.6 is 11.6 Å². The molecule has 0 N–H and O–H groups in total. The van der Waals surface area contributed by atoms with E-state index in [2.05, 4.69) is 21.2 Å². The van der Waals surface area contributed by atoms with E-state index in [4.69, 9.17) is 11.6 Å². The average Bonchev–Trinajstić information content (AvgIpc) is 2.85. The molecule has 0 radical (unpaired) electrons. The van der Waals surface area contributed by atoms with Crippen molar-refractivity contribution >= 4 is 17.3 Å². The summed E-state index contributed by atoms with van der Waals surface area (Å²) in [5, 5.41) is 17.6. The topological polar surface area (TPSA) is 57.7 Å². The van der Waals surface area contributed by atoms with Crippen molar-refractivity contribution in [1.29, 1.82) is 5.26 Å². The highest BCUT2D eigenvalue weighted by Gasteiger charge is 2.20. The van der Waals surface area contributed by atoms with Crippen LogP contribution in [0.3, 0.4) is 0 Å². The highest BCUT2D eigenvalue weighted by Crippen LogP contribution is 2.28. The molecular weight excluding hydrogens is 250 g/mol. The molecule has 5 nitrogen and oxygen atoms in total. The van der Waals surface area contributed by atoms with Gasteiger partial charge in [-0.25, -0.2) is 0 Å². The van der Waals surface area contributed by atoms with Crippen molar-refractivity contribution in [2.24, 2.45) is 0 Å². The molecule has 0 unspecified atom stereocenters. The lowest BCUT2D eigenvalue weighted by Gasteiger charge is -2.29. The maximum Gasteiger partial charge on any atom is 0.152 e. The summed E-state index contributed by atoms with van der Waals surface area (Å²) in [6.45, 7) is 2.29. The summed E-state index contributed by atoms with van der Waals surface area (Å²) >= 11 is 6.05. The minimum Gasteiger partial charge on any atom is -0.361 e. The van der Waals surface area contributed by atoms with Gasteiger partial charge in [0.1, 0.15) is 12.4 Å². The maximum absolute atomic E-state index is 9.19. The van der Waals surface area contributed by atoms with E-state index in [1.165, 1.54) is 0 Å². The Labute approximate surface area is 109 Å². The molecule has 0 saturated heterocycles. The van der Waals surface area contributed by atoms with E-state index in [1.54, 1.807) is 12.4 Å². The summed E-state index contributed by atoms with van der Waals surface area (Å²) in [7, 11) is 0. The zero-order chi connectivity index (χ0) is 12.5. The van der Waals surface area contributed by atoms with E-state index in [0.29, 0.717) is 17.1 Å². The molecule has 1 aliphatic heterocycles. The van der Waals surface area contributed by atoms with Crippen molar-refractivity contribution in [3.8, 4) is 6.07 Å². The van der Waals surface area contributed by atoms with Gasteiger partial charge in [0.15, 0.2) is 5.82 Å². The van der Waals surface area contributed by atoms with E-state index >= 15 is 0 Å². The van der Waals surface area contributed by atoms with Gasteiger partial charge in [-0.15, -0.1) is 10.2 Å². The van der Waals surface area contributed by atoms with Crippen molar-refractivity contribution in [2.45, 2.75) is 13.1 Å². The van der Waals surface area contributed by atoms with Gasteiger partial charge in [-0.2, -0.15) is 5.26 Å². The third-order valence-electron chi connectivity index (χ3n) is 3.08. The van der Waals surface area contributed by atoms with Crippen LogP contribution in [0.4, 0.5) is 5.69 Å². The van der Waals surface area contributed by atoms with Crippen LogP contribution in [0.1, 0.15) is 11.4 Å². The molecule has 0 bridgehead atoms. The van der Waals surface area contributed by atoms with Gasteiger partial charge in [-0.05, 0) is 12.1 Å². The first-order valence-electron chi connectivity index (χ1n) is 5.60. The number of rotatable bonds is 1. The number of halogens is 1. The maximum atomic E-state index is 9.19. The number of nitriles is 1. The fourth-order valence-corrected chi connectivity index (χ4v) is 2.37. The highest BCUT2D eigenvalue weighted by molar-refractivity contribution is 6.32. The quantitative estimate of drug-likeness (QED) is 0.784. The normalized spacial score (nSPS) is 14.1. The minimum absolute atomic E-state index is 0.488. The van der Waals surface area contributed by atoms with Crippen molar-refractivity contribution in [2.75, 3.05) is 11.4 Å². The van der Waals surface area contributed by atoms with E-state index in [9.17, 15) is 5.26 Å². The first-order chi connectivity index (χ1) is 8.79. The van der Waals surface area contributed by atoms with Crippen LogP contribution in [0.15, 0.2) is 24.5 Å². The highest BCUT2D eigenvalue weighted by atomic mass is 35.5. The number of hydrogen-bond donors (Lipinski definition) is 0. The van der Waals surface area contributed by atoms with Gasteiger partial charge in [-0.3, -0.25) is 0 Å². The Hall–Kier alpha value is -2.06. The van der Waals surface area contributed by atoms with Gasteiger partial charge >= 0.3 is 0 Å². The minimum atomic E-state index is 0.488. The number of anilines is 1. The fourth-order valence-electron chi connectivity index (χ4n) is 2.16. The van der Waals surface area contributed by atoms with Crippen LogP contribution in [0.25, 0.3) is 0 Å². The third-order valence-corrected chi connectivity index (χ3v) is 3.40. The van der Waals surface area contributed by atoms with Gasteiger partial charge in [0, 0.05) is 13.1 Å². The molecule has 18 heavy (non-hydrogen) atoms. The zero-order valence-electron chi connectivity index (χ0n) is 9.54. The largest absolute Gasteiger partial charge is 0.361 e. The molecule has 1 aromatic carbocycles. The predicted molar refractivity (Wildman–Crippen MR) is 67.2 cm³/mol. The summed E-state index contributed by atoms with van der Waals surface area (Å²) in [4.78, 5) is 2.11. The molecule has 0 amide bonds. The fraction of sp³-hybridized carbons (Fsp3) is 0.250. The summed E-state index contributed by atoms with van der Waals surface area (Å²) < 4.78 is 2.02. The van der Waals surface area contributed by atoms with Gasteiger partial charge in [0.2, 0.25) is 0 Å². The molecule has 0 spiro atoms. The van der Waals surface area contributed by atoms with Crippen molar-refractivity contribution < 1.29 is 0 Å². The molecule has 2 heterocycles. The number of fused-ring (bicyclic) bond motifs is 1. The standard InChI is InChI=1S/C12H10ClN5/c13-10-2-1-3-11(9(10)6-14)17-4-5-18-8-15-16-12(18)7-17/h1-3,8H,4-5,7H2. The molecule has 0 aliphatic carbocycles. The van der Waals surface area contributed by atoms with E-state index < -0.39 is 0 Å². The SMILES string of the molecule is N#Cc1c(Cl)cccc1N1CCn2cnnc2C1. The molecular formula is C12H10ClN5. The second-order valence-corrected chi connectivity index (χ2v) is 4.52. The van der Waals surface area contributed by atoms with Crippen LogP contribution in [-0.2, 0) is 13.1 Å². The lowest BCUT2D eigenvalue weighted by Crippen LogP contribution is -2.34. The third kappa shape index (κ3) is 1.71. The monoisotopic (exact) mass is 259 g/mol.